The van der Waals surface area contributed by atoms with Crippen LogP contribution in [0.5, 0.6) is 0 Å². The smallest absolute Gasteiger partial charge is 0.0593 e. The zero-order valence-electron chi connectivity index (χ0n) is 11.8. The van der Waals surface area contributed by atoms with Crippen LogP contribution in [-0.4, -0.2) is 9.46 Å². The highest BCUT2D eigenvalue weighted by Gasteiger charge is 2.35. The molecule has 0 spiro atoms. The van der Waals surface area contributed by atoms with Gasteiger partial charge in [0, 0.05) is 10.5 Å². The maximum absolute atomic E-state index is 13.0. The molecule has 0 aliphatic heterocycles. The molecule has 4 unspecified atom stereocenters. The number of hydrogen-bond donors (Lipinski definition) is 1. The summed E-state index contributed by atoms with van der Waals surface area (Å²) >= 11 is 3.50. The van der Waals surface area contributed by atoms with Gasteiger partial charge in [0.2, 0.25) is 0 Å². The predicted octanol–water partition coefficient (Wildman–Crippen LogP) is 4.13. The Morgan fingerprint density at radius 3 is 2.43 bits per heavy atom. The van der Waals surface area contributed by atoms with Gasteiger partial charge in [-0.1, -0.05) is 43.3 Å². The first-order valence-corrected chi connectivity index (χ1v) is 9.09. The largest absolute Gasteiger partial charge is 0.323 e. The number of halogens is 1. The lowest BCUT2D eigenvalue weighted by molar-refractivity contribution is 0.513. The molecule has 2 aromatic carbocycles. The van der Waals surface area contributed by atoms with E-state index in [1.807, 2.05) is 36.4 Å². The molecule has 21 heavy (non-hydrogen) atoms. The third-order valence-electron chi connectivity index (χ3n) is 4.20. The topological polar surface area (TPSA) is 43.1 Å². The molecule has 0 fully saturated rings. The summed E-state index contributed by atoms with van der Waals surface area (Å²) in [5.41, 5.74) is 8.87. The van der Waals surface area contributed by atoms with Gasteiger partial charge in [0.1, 0.15) is 0 Å². The summed E-state index contributed by atoms with van der Waals surface area (Å²) in [5, 5.41) is -0.0476. The van der Waals surface area contributed by atoms with Gasteiger partial charge in [0.15, 0.2) is 0 Å². The van der Waals surface area contributed by atoms with Crippen LogP contribution in [0.1, 0.15) is 36.4 Å². The van der Waals surface area contributed by atoms with Crippen molar-refractivity contribution in [2.24, 2.45) is 5.73 Å². The van der Waals surface area contributed by atoms with Crippen molar-refractivity contribution in [2.45, 2.75) is 35.4 Å². The normalized spacial score (nSPS) is 26.1. The molecule has 0 bridgehead atoms. The Bertz CT molecular complexity index is 688. The highest BCUT2D eigenvalue weighted by molar-refractivity contribution is 9.10. The van der Waals surface area contributed by atoms with Gasteiger partial charge in [-0.2, -0.15) is 0 Å². The average Bonchev–Trinajstić information content (AvgIpc) is 2.51. The minimum Gasteiger partial charge on any atom is -0.323 e. The van der Waals surface area contributed by atoms with E-state index >= 15 is 0 Å². The fourth-order valence-electron chi connectivity index (χ4n) is 3.08. The standard InChI is InChI=1S/C17H18BrNOS/c1-11-10-16(17(19)13-7-3-2-6-12(11)13)21(20)15-9-5-4-8-14(15)18/h2-9,11,16-17H,10,19H2,1H3. The van der Waals surface area contributed by atoms with Gasteiger partial charge in [-0.05, 0) is 51.5 Å². The molecule has 0 amide bonds. The number of fused-ring (bicyclic) bond motifs is 1. The van der Waals surface area contributed by atoms with Crippen LogP contribution in [-0.2, 0) is 10.8 Å². The van der Waals surface area contributed by atoms with Crippen LogP contribution in [0.2, 0.25) is 0 Å². The molecule has 4 heteroatoms. The maximum atomic E-state index is 13.0. The van der Waals surface area contributed by atoms with E-state index in [9.17, 15) is 4.21 Å². The molecule has 0 saturated carbocycles. The molecule has 2 aromatic rings. The maximum Gasteiger partial charge on any atom is 0.0593 e. The molecule has 4 atom stereocenters. The van der Waals surface area contributed by atoms with E-state index in [0.29, 0.717) is 5.92 Å². The molecule has 0 radical (unpaired) electrons. The Hall–Kier alpha value is -0.970. The molecular weight excluding hydrogens is 346 g/mol. The molecule has 1 aliphatic rings. The summed E-state index contributed by atoms with van der Waals surface area (Å²) in [6, 6.07) is 15.8. The second kappa shape index (κ2) is 6.03. The summed E-state index contributed by atoms with van der Waals surface area (Å²) in [4.78, 5) is 0.838. The van der Waals surface area contributed by atoms with Crippen LogP contribution in [0.4, 0.5) is 0 Å². The van der Waals surface area contributed by atoms with E-state index in [1.165, 1.54) is 5.56 Å². The minimum absolute atomic E-state index is 0.0476. The van der Waals surface area contributed by atoms with Crippen molar-refractivity contribution in [1.82, 2.24) is 0 Å². The first kappa shape index (κ1) is 14.9. The zero-order chi connectivity index (χ0) is 15.0. The second-order valence-electron chi connectivity index (χ2n) is 5.56. The Morgan fingerprint density at radius 2 is 1.71 bits per heavy atom. The van der Waals surface area contributed by atoms with E-state index in [-0.39, 0.29) is 11.3 Å². The third kappa shape index (κ3) is 2.72. The van der Waals surface area contributed by atoms with Crippen LogP contribution in [0, 0.1) is 0 Å². The van der Waals surface area contributed by atoms with Crippen LogP contribution < -0.4 is 5.73 Å². The molecule has 2 nitrogen and oxygen atoms in total. The first-order valence-electron chi connectivity index (χ1n) is 7.09. The average molecular weight is 364 g/mol. The highest BCUT2D eigenvalue weighted by Crippen LogP contribution is 2.40. The van der Waals surface area contributed by atoms with Crippen LogP contribution in [0.15, 0.2) is 57.9 Å². The summed E-state index contributed by atoms with van der Waals surface area (Å²) in [6.45, 7) is 2.19. The Morgan fingerprint density at radius 1 is 1.10 bits per heavy atom. The SMILES string of the molecule is CC1CC(S(=O)c2ccccc2Br)C(N)c2ccccc21. The molecule has 2 N–H and O–H groups in total. The van der Waals surface area contributed by atoms with Crippen molar-refractivity contribution >= 4 is 26.7 Å². The van der Waals surface area contributed by atoms with Crippen molar-refractivity contribution in [3.8, 4) is 0 Å². The predicted molar refractivity (Wildman–Crippen MR) is 90.7 cm³/mol. The van der Waals surface area contributed by atoms with Crippen LogP contribution in [0.3, 0.4) is 0 Å². The number of hydrogen-bond acceptors (Lipinski definition) is 2. The van der Waals surface area contributed by atoms with E-state index in [1.54, 1.807) is 0 Å². The van der Waals surface area contributed by atoms with Crippen molar-refractivity contribution in [1.29, 1.82) is 0 Å². The van der Waals surface area contributed by atoms with Crippen molar-refractivity contribution in [3.63, 3.8) is 0 Å². The van der Waals surface area contributed by atoms with Gasteiger partial charge in [0.05, 0.1) is 20.9 Å². The highest BCUT2D eigenvalue weighted by atomic mass is 79.9. The van der Waals surface area contributed by atoms with Gasteiger partial charge < -0.3 is 5.73 Å². The monoisotopic (exact) mass is 363 g/mol. The molecule has 0 aromatic heterocycles. The van der Waals surface area contributed by atoms with Crippen LogP contribution >= 0.6 is 15.9 Å². The quantitative estimate of drug-likeness (QED) is 0.871. The lowest BCUT2D eigenvalue weighted by Gasteiger charge is -2.34. The minimum atomic E-state index is -1.11. The molecule has 110 valence electrons. The van der Waals surface area contributed by atoms with Gasteiger partial charge in [0.25, 0.3) is 0 Å². The molecular formula is C17H18BrNOS. The van der Waals surface area contributed by atoms with E-state index in [2.05, 4.69) is 35.0 Å². The fraction of sp³-hybridized carbons (Fsp3) is 0.294. The van der Waals surface area contributed by atoms with Gasteiger partial charge in [-0.3, -0.25) is 4.21 Å². The lowest BCUT2D eigenvalue weighted by Crippen LogP contribution is -2.36. The molecule has 0 heterocycles. The number of rotatable bonds is 2. The Kier molecular flexibility index (Phi) is 4.29. The van der Waals surface area contributed by atoms with Gasteiger partial charge in [-0.15, -0.1) is 0 Å². The second-order valence-corrected chi connectivity index (χ2v) is 8.05. The van der Waals surface area contributed by atoms with Gasteiger partial charge in [-0.25, -0.2) is 0 Å². The Balaban J connectivity index is 1.98. The van der Waals surface area contributed by atoms with E-state index in [0.717, 1.165) is 21.4 Å². The third-order valence-corrected chi connectivity index (χ3v) is 6.98. The summed E-state index contributed by atoms with van der Waals surface area (Å²) < 4.78 is 13.9. The number of nitrogens with two attached hydrogens (primary N) is 1. The van der Waals surface area contributed by atoms with E-state index < -0.39 is 10.8 Å². The zero-order valence-corrected chi connectivity index (χ0v) is 14.2. The van der Waals surface area contributed by atoms with Crippen LogP contribution in [0.25, 0.3) is 0 Å². The van der Waals surface area contributed by atoms with Crippen molar-refractivity contribution < 1.29 is 4.21 Å². The lowest BCUT2D eigenvalue weighted by atomic mass is 9.81. The summed E-state index contributed by atoms with van der Waals surface area (Å²) in [5.74, 6) is 0.387. The van der Waals surface area contributed by atoms with E-state index in [4.69, 9.17) is 5.73 Å². The van der Waals surface area contributed by atoms with Crippen molar-refractivity contribution in [3.05, 3.63) is 64.1 Å². The van der Waals surface area contributed by atoms with Crippen molar-refractivity contribution in [2.75, 3.05) is 0 Å². The first-order chi connectivity index (χ1) is 10.1. The number of benzene rings is 2. The summed E-state index contributed by atoms with van der Waals surface area (Å²) in [7, 11) is -1.11. The summed E-state index contributed by atoms with van der Waals surface area (Å²) in [6.07, 6.45) is 0.853. The van der Waals surface area contributed by atoms with Gasteiger partial charge >= 0.3 is 0 Å². The molecule has 0 saturated heterocycles. The molecule has 3 rings (SSSR count). The molecule has 1 aliphatic carbocycles. The fourth-order valence-corrected chi connectivity index (χ4v) is 5.52. The Labute approximate surface area is 136 Å².